The molecular weight excluding hydrogens is 333 g/mol. The van der Waals surface area contributed by atoms with Crippen molar-refractivity contribution in [2.45, 2.75) is 25.9 Å². The van der Waals surface area contributed by atoms with Gasteiger partial charge in [-0.05, 0) is 30.9 Å². The maximum Gasteiger partial charge on any atom is 0.419 e. The standard InChI is InChI=1S/C17H23F3N4O/c1-13-4-3-7-24(12-13)16(25)23-10-8-22(9-11-23)15-14(17(18,19)20)5-2-6-21-15/h2,5-6,13H,3-4,7-12H2,1H3. The molecule has 0 radical (unpaired) electrons. The third-order valence-corrected chi connectivity index (χ3v) is 4.87. The molecule has 0 N–H and O–H groups in total. The third-order valence-electron chi connectivity index (χ3n) is 4.87. The zero-order chi connectivity index (χ0) is 18.0. The molecule has 8 heteroatoms. The monoisotopic (exact) mass is 356 g/mol. The van der Waals surface area contributed by atoms with Crippen LogP contribution in [0.3, 0.4) is 0 Å². The van der Waals surface area contributed by atoms with E-state index in [-0.39, 0.29) is 11.8 Å². The van der Waals surface area contributed by atoms with Crippen molar-refractivity contribution in [1.82, 2.24) is 14.8 Å². The number of piperazine rings is 1. The first-order valence-electron chi connectivity index (χ1n) is 8.67. The fourth-order valence-corrected chi connectivity index (χ4v) is 3.54. The molecule has 1 atom stereocenters. The molecule has 0 bridgehead atoms. The van der Waals surface area contributed by atoms with Gasteiger partial charge in [-0.25, -0.2) is 9.78 Å². The van der Waals surface area contributed by atoms with E-state index >= 15 is 0 Å². The molecule has 138 valence electrons. The summed E-state index contributed by atoms with van der Waals surface area (Å²) in [7, 11) is 0. The molecule has 0 aromatic carbocycles. The van der Waals surface area contributed by atoms with Crippen molar-refractivity contribution in [3.63, 3.8) is 0 Å². The van der Waals surface area contributed by atoms with E-state index in [4.69, 9.17) is 0 Å². The molecule has 0 saturated carbocycles. The Morgan fingerprint density at radius 1 is 1.16 bits per heavy atom. The second kappa shape index (κ2) is 7.09. The summed E-state index contributed by atoms with van der Waals surface area (Å²) in [6.45, 7) is 5.20. The molecule has 2 aliphatic rings. The Bertz CT molecular complexity index is 614. The highest BCUT2D eigenvalue weighted by Gasteiger charge is 2.37. The number of piperidine rings is 1. The number of urea groups is 1. The molecule has 1 aromatic rings. The second-order valence-corrected chi connectivity index (χ2v) is 6.82. The van der Waals surface area contributed by atoms with E-state index < -0.39 is 11.7 Å². The van der Waals surface area contributed by atoms with Crippen LogP contribution in [0.15, 0.2) is 18.3 Å². The maximum absolute atomic E-state index is 13.1. The highest BCUT2D eigenvalue weighted by atomic mass is 19.4. The first kappa shape index (κ1) is 17.8. The lowest BCUT2D eigenvalue weighted by molar-refractivity contribution is -0.137. The highest BCUT2D eigenvalue weighted by Crippen LogP contribution is 2.35. The average molecular weight is 356 g/mol. The fourth-order valence-electron chi connectivity index (χ4n) is 3.54. The molecular formula is C17H23F3N4O. The third kappa shape index (κ3) is 3.99. The summed E-state index contributed by atoms with van der Waals surface area (Å²) in [6, 6.07) is 2.35. The lowest BCUT2D eigenvalue weighted by Crippen LogP contribution is -2.54. The van der Waals surface area contributed by atoms with Crippen LogP contribution < -0.4 is 4.90 Å². The quantitative estimate of drug-likeness (QED) is 0.776. The van der Waals surface area contributed by atoms with E-state index in [9.17, 15) is 18.0 Å². The normalized spacial score (nSPS) is 22.2. The van der Waals surface area contributed by atoms with Gasteiger partial charge in [0.15, 0.2) is 0 Å². The number of amides is 2. The number of nitrogens with zero attached hydrogens (tertiary/aromatic N) is 4. The number of pyridine rings is 1. The Kier molecular flexibility index (Phi) is 5.06. The minimum absolute atomic E-state index is 0.00302. The van der Waals surface area contributed by atoms with Gasteiger partial charge < -0.3 is 14.7 Å². The van der Waals surface area contributed by atoms with Gasteiger partial charge >= 0.3 is 12.2 Å². The van der Waals surface area contributed by atoms with Crippen LogP contribution in [-0.4, -0.2) is 60.1 Å². The Balaban J connectivity index is 1.64. The predicted octanol–water partition coefficient (Wildman–Crippen LogP) is 3.07. The highest BCUT2D eigenvalue weighted by molar-refractivity contribution is 5.75. The van der Waals surface area contributed by atoms with Crippen molar-refractivity contribution < 1.29 is 18.0 Å². The van der Waals surface area contributed by atoms with Gasteiger partial charge in [0.05, 0.1) is 5.56 Å². The SMILES string of the molecule is CC1CCCN(C(=O)N2CCN(c3ncccc3C(F)(F)F)CC2)C1. The van der Waals surface area contributed by atoms with Crippen LogP contribution in [0.25, 0.3) is 0 Å². The van der Waals surface area contributed by atoms with Crippen molar-refractivity contribution in [3.05, 3.63) is 23.9 Å². The molecule has 0 spiro atoms. The summed E-state index contributed by atoms with van der Waals surface area (Å²) < 4.78 is 39.4. The van der Waals surface area contributed by atoms with Gasteiger partial charge in [0.1, 0.15) is 5.82 Å². The Labute approximate surface area is 145 Å². The van der Waals surface area contributed by atoms with Crippen molar-refractivity contribution in [2.24, 2.45) is 5.92 Å². The van der Waals surface area contributed by atoms with E-state index in [1.807, 2.05) is 4.90 Å². The summed E-state index contributed by atoms with van der Waals surface area (Å²) in [4.78, 5) is 21.8. The van der Waals surface area contributed by atoms with Gasteiger partial charge in [-0.1, -0.05) is 6.92 Å². The van der Waals surface area contributed by atoms with Crippen molar-refractivity contribution in [3.8, 4) is 0 Å². The number of halogens is 3. The number of hydrogen-bond donors (Lipinski definition) is 0. The number of likely N-dealkylation sites (tertiary alicyclic amines) is 1. The summed E-state index contributed by atoms with van der Waals surface area (Å²) in [5, 5.41) is 0. The number of aromatic nitrogens is 1. The summed E-state index contributed by atoms with van der Waals surface area (Å²) in [5.74, 6) is 0.454. The Morgan fingerprint density at radius 3 is 2.52 bits per heavy atom. The van der Waals surface area contributed by atoms with Gasteiger partial charge in [0.2, 0.25) is 0 Å². The lowest BCUT2D eigenvalue weighted by atomic mass is 10.0. The van der Waals surface area contributed by atoms with E-state index in [1.54, 1.807) is 9.80 Å². The van der Waals surface area contributed by atoms with Gasteiger partial charge in [-0.3, -0.25) is 0 Å². The van der Waals surface area contributed by atoms with E-state index in [2.05, 4.69) is 11.9 Å². The van der Waals surface area contributed by atoms with Gasteiger partial charge in [0.25, 0.3) is 0 Å². The van der Waals surface area contributed by atoms with Crippen LogP contribution in [0, 0.1) is 5.92 Å². The van der Waals surface area contributed by atoms with Crippen molar-refractivity contribution in [1.29, 1.82) is 0 Å². The molecule has 3 heterocycles. The zero-order valence-electron chi connectivity index (χ0n) is 14.3. The molecule has 3 rings (SSSR count). The van der Waals surface area contributed by atoms with Crippen LogP contribution in [0.5, 0.6) is 0 Å². The van der Waals surface area contributed by atoms with Gasteiger partial charge in [-0.2, -0.15) is 13.2 Å². The number of carbonyl (C=O) groups excluding carboxylic acids is 1. The summed E-state index contributed by atoms with van der Waals surface area (Å²) in [5.41, 5.74) is -0.723. The number of carbonyl (C=O) groups is 1. The van der Waals surface area contributed by atoms with E-state index in [0.29, 0.717) is 32.1 Å². The largest absolute Gasteiger partial charge is 0.419 e. The van der Waals surface area contributed by atoms with Crippen LogP contribution >= 0.6 is 0 Å². The van der Waals surface area contributed by atoms with Gasteiger partial charge in [-0.15, -0.1) is 0 Å². The van der Waals surface area contributed by atoms with Gasteiger partial charge in [0, 0.05) is 45.5 Å². The number of hydrogen-bond acceptors (Lipinski definition) is 3. The summed E-state index contributed by atoms with van der Waals surface area (Å²) >= 11 is 0. The van der Waals surface area contributed by atoms with Crippen LogP contribution in [-0.2, 0) is 6.18 Å². The molecule has 2 fully saturated rings. The Morgan fingerprint density at radius 2 is 1.88 bits per heavy atom. The topological polar surface area (TPSA) is 39.7 Å². The lowest BCUT2D eigenvalue weighted by Gasteiger charge is -2.40. The minimum atomic E-state index is -4.43. The number of anilines is 1. The molecule has 5 nitrogen and oxygen atoms in total. The maximum atomic E-state index is 13.1. The minimum Gasteiger partial charge on any atom is -0.353 e. The number of alkyl halides is 3. The molecule has 2 aliphatic heterocycles. The zero-order valence-corrected chi connectivity index (χ0v) is 14.3. The Hall–Kier alpha value is -1.99. The van der Waals surface area contributed by atoms with Crippen LogP contribution in [0.2, 0.25) is 0 Å². The average Bonchev–Trinajstić information content (AvgIpc) is 2.60. The van der Waals surface area contributed by atoms with Crippen molar-refractivity contribution in [2.75, 3.05) is 44.2 Å². The molecule has 2 amide bonds. The second-order valence-electron chi connectivity index (χ2n) is 6.82. The fraction of sp³-hybridized carbons (Fsp3) is 0.647. The molecule has 0 aliphatic carbocycles. The molecule has 1 aromatic heterocycles. The van der Waals surface area contributed by atoms with Crippen molar-refractivity contribution >= 4 is 11.8 Å². The summed E-state index contributed by atoms with van der Waals surface area (Å²) in [6.07, 6.45) is -0.912. The molecule has 2 saturated heterocycles. The van der Waals surface area contributed by atoms with Crippen LogP contribution in [0.4, 0.5) is 23.8 Å². The first-order chi connectivity index (χ1) is 11.9. The molecule has 25 heavy (non-hydrogen) atoms. The molecule has 1 unspecified atom stereocenters. The number of rotatable bonds is 1. The first-order valence-corrected chi connectivity index (χ1v) is 8.67. The smallest absolute Gasteiger partial charge is 0.353 e. The van der Waals surface area contributed by atoms with E-state index in [0.717, 1.165) is 32.0 Å². The van der Waals surface area contributed by atoms with E-state index in [1.165, 1.54) is 12.3 Å². The predicted molar refractivity (Wildman–Crippen MR) is 88.4 cm³/mol. The van der Waals surface area contributed by atoms with Crippen LogP contribution in [0.1, 0.15) is 25.3 Å².